The van der Waals surface area contributed by atoms with Gasteiger partial charge in [0.25, 0.3) is 0 Å². The summed E-state index contributed by atoms with van der Waals surface area (Å²) >= 11 is 1.35. The van der Waals surface area contributed by atoms with Crippen LogP contribution in [0.3, 0.4) is 0 Å². The SMILES string of the molecule is Cc1ccc(NC(=O)CS[C@@H](C)C(=O)N2CCN(c3ccccc3O)CC2)cc1. The number of phenolic OH excluding ortho intramolecular Hbond substituents is 1. The second kappa shape index (κ2) is 9.69. The molecule has 29 heavy (non-hydrogen) atoms. The highest BCUT2D eigenvalue weighted by atomic mass is 32.2. The molecule has 0 bridgehead atoms. The number of rotatable bonds is 6. The van der Waals surface area contributed by atoms with Crippen molar-refractivity contribution in [3.8, 4) is 5.75 Å². The third-order valence-corrected chi connectivity index (χ3v) is 6.09. The molecule has 2 aromatic rings. The second-order valence-electron chi connectivity index (χ2n) is 7.17. The van der Waals surface area contributed by atoms with E-state index in [4.69, 9.17) is 0 Å². The van der Waals surface area contributed by atoms with E-state index >= 15 is 0 Å². The minimum atomic E-state index is -0.282. The monoisotopic (exact) mass is 413 g/mol. The van der Waals surface area contributed by atoms with Gasteiger partial charge in [-0.05, 0) is 38.1 Å². The van der Waals surface area contributed by atoms with Gasteiger partial charge in [-0.25, -0.2) is 0 Å². The van der Waals surface area contributed by atoms with Gasteiger partial charge in [0.05, 0.1) is 16.7 Å². The Hall–Kier alpha value is -2.67. The largest absolute Gasteiger partial charge is 0.506 e. The lowest BCUT2D eigenvalue weighted by Gasteiger charge is -2.37. The van der Waals surface area contributed by atoms with Crippen LogP contribution in [0.2, 0.25) is 0 Å². The minimum absolute atomic E-state index is 0.0510. The normalized spacial score (nSPS) is 15.1. The number of benzene rings is 2. The molecule has 2 N–H and O–H groups in total. The number of aromatic hydroxyl groups is 1. The molecular formula is C22H27N3O3S. The number of nitrogens with zero attached hydrogens (tertiary/aromatic N) is 2. The van der Waals surface area contributed by atoms with Crippen molar-refractivity contribution in [1.82, 2.24) is 4.90 Å². The lowest BCUT2D eigenvalue weighted by molar-refractivity contribution is -0.130. The van der Waals surface area contributed by atoms with Crippen LogP contribution >= 0.6 is 11.8 Å². The number of amides is 2. The van der Waals surface area contributed by atoms with Gasteiger partial charge in [0.1, 0.15) is 5.75 Å². The fourth-order valence-corrected chi connectivity index (χ4v) is 4.03. The van der Waals surface area contributed by atoms with Crippen LogP contribution in [0.15, 0.2) is 48.5 Å². The molecule has 1 fully saturated rings. The third-order valence-electron chi connectivity index (χ3n) is 4.96. The number of thioether (sulfide) groups is 1. The number of carbonyl (C=O) groups is 2. The van der Waals surface area contributed by atoms with Crippen molar-refractivity contribution in [3.05, 3.63) is 54.1 Å². The maximum atomic E-state index is 12.7. The number of anilines is 2. The zero-order valence-electron chi connectivity index (χ0n) is 16.8. The lowest BCUT2D eigenvalue weighted by Crippen LogP contribution is -2.50. The van der Waals surface area contributed by atoms with E-state index in [0.29, 0.717) is 26.2 Å². The molecule has 2 amide bonds. The van der Waals surface area contributed by atoms with Crippen LogP contribution < -0.4 is 10.2 Å². The smallest absolute Gasteiger partial charge is 0.235 e. The molecule has 0 spiro atoms. The molecule has 6 nitrogen and oxygen atoms in total. The summed E-state index contributed by atoms with van der Waals surface area (Å²) in [5.41, 5.74) is 2.70. The molecule has 1 heterocycles. The predicted molar refractivity (Wildman–Crippen MR) is 119 cm³/mol. The first-order valence-electron chi connectivity index (χ1n) is 9.74. The number of hydrogen-bond donors (Lipinski definition) is 2. The van der Waals surface area contributed by atoms with Crippen LogP contribution in [-0.4, -0.2) is 59.0 Å². The summed E-state index contributed by atoms with van der Waals surface area (Å²) in [6, 6.07) is 14.9. The maximum Gasteiger partial charge on any atom is 0.235 e. The van der Waals surface area contributed by atoms with Gasteiger partial charge in [-0.3, -0.25) is 9.59 Å². The van der Waals surface area contributed by atoms with Crippen LogP contribution in [0.25, 0.3) is 0 Å². The predicted octanol–water partition coefficient (Wildman–Crippen LogP) is 3.11. The van der Waals surface area contributed by atoms with Crippen molar-refractivity contribution >= 4 is 35.0 Å². The van der Waals surface area contributed by atoms with Gasteiger partial charge in [0.2, 0.25) is 11.8 Å². The van der Waals surface area contributed by atoms with Gasteiger partial charge >= 0.3 is 0 Å². The minimum Gasteiger partial charge on any atom is -0.506 e. The first kappa shape index (κ1) is 21.0. The van der Waals surface area contributed by atoms with Crippen molar-refractivity contribution in [2.45, 2.75) is 19.1 Å². The number of aryl methyl sites for hydroxylation is 1. The summed E-state index contributed by atoms with van der Waals surface area (Å²) in [5, 5.41) is 12.6. The summed E-state index contributed by atoms with van der Waals surface area (Å²) in [5.74, 6) is 0.437. The number of para-hydroxylation sites is 2. The summed E-state index contributed by atoms with van der Waals surface area (Å²) in [6.45, 7) is 6.41. The van der Waals surface area contributed by atoms with Crippen molar-refractivity contribution in [2.24, 2.45) is 0 Å². The van der Waals surface area contributed by atoms with Crippen LogP contribution in [0.1, 0.15) is 12.5 Å². The standard InChI is InChI=1S/C22H27N3O3S/c1-16-7-9-18(10-8-16)23-21(27)15-29-17(2)22(28)25-13-11-24(12-14-25)19-5-3-4-6-20(19)26/h3-10,17,26H,11-15H2,1-2H3,(H,23,27)/t17-/m0/s1. The van der Waals surface area contributed by atoms with E-state index in [1.807, 2.05) is 55.1 Å². The Balaban J connectivity index is 1.44. The van der Waals surface area contributed by atoms with E-state index < -0.39 is 0 Å². The Morgan fingerprint density at radius 2 is 1.72 bits per heavy atom. The molecular weight excluding hydrogens is 386 g/mol. The molecule has 1 aliphatic heterocycles. The Morgan fingerprint density at radius 1 is 1.07 bits per heavy atom. The van der Waals surface area contributed by atoms with Crippen LogP contribution in [0.4, 0.5) is 11.4 Å². The van der Waals surface area contributed by atoms with Gasteiger partial charge in [0, 0.05) is 31.9 Å². The molecule has 2 aromatic carbocycles. The molecule has 154 valence electrons. The highest BCUT2D eigenvalue weighted by Crippen LogP contribution is 2.27. The Morgan fingerprint density at radius 3 is 2.38 bits per heavy atom. The number of nitrogens with one attached hydrogen (secondary N) is 1. The number of hydrogen-bond acceptors (Lipinski definition) is 5. The van der Waals surface area contributed by atoms with Gasteiger partial charge in [-0.2, -0.15) is 0 Å². The zero-order chi connectivity index (χ0) is 20.8. The third kappa shape index (κ3) is 5.67. The van der Waals surface area contributed by atoms with Crippen molar-refractivity contribution < 1.29 is 14.7 Å². The number of carbonyl (C=O) groups excluding carboxylic acids is 2. The van der Waals surface area contributed by atoms with E-state index in [1.165, 1.54) is 11.8 Å². The van der Waals surface area contributed by atoms with E-state index in [-0.39, 0.29) is 28.6 Å². The Kier molecular flexibility index (Phi) is 7.04. The molecule has 7 heteroatoms. The summed E-state index contributed by atoms with van der Waals surface area (Å²) in [4.78, 5) is 28.8. The van der Waals surface area contributed by atoms with E-state index in [1.54, 1.807) is 12.1 Å². The van der Waals surface area contributed by atoms with Crippen LogP contribution in [0, 0.1) is 6.92 Å². The fraction of sp³-hybridized carbons (Fsp3) is 0.364. The molecule has 0 unspecified atom stereocenters. The molecule has 3 rings (SSSR count). The van der Waals surface area contributed by atoms with E-state index in [9.17, 15) is 14.7 Å². The topological polar surface area (TPSA) is 72.9 Å². The second-order valence-corrected chi connectivity index (χ2v) is 8.50. The van der Waals surface area contributed by atoms with Crippen molar-refractivity contribution in [3.63, 3.8) is 0 Å². The average molecular weight is 414 g/mol. The van der Waals surface area contributed by atoms with Gasteiger partial charge in [-0.1, -0.05) is 29.8 Å². The zero-order valence-corrected chi connectivity index (χ0v) is 17.6. The summed E-state index contributed by atoms with van der Waals surface area (Å²) in [7, 11) is 0. The van der Waals surface area contributed by atoms with Crippen LogP contribution in [-0.2, 0) is 9.59 Å². The summed E-state index contributed by atoms with van der Waals surface area (Å²) < 4.78 is 0. The van der Waals surface area contributed by atoms with Gasteiger partial charge in [-0.15, -0.1) is 11.8 Å². The average Bonchev–Trinajstić information content (AvgIpc) is 2.73. The first-order valence-corrected chi connectivity index (χ1v) is 10.8. The van der Waals surface area contributed by atoms with E-state index in [2.05, 4.69) is 10.2 Å². The van der Waals surface area contributed by atoms with Gasteiger partial charge in [0.15, 0.2) is 0 Å². The fourth-order valence-electron chi connectivity index (χ4n) is 3.26. The molecule has 0 saturated carbocycles. The molecule has 0 radical (unpaired) electrons. The van der Waals surface area contributed by atoms with Gasteiger partial charge < -0.3 is 20.2 Å². The molecule has 1 saturated heterocycles. The van der Waals surface area contributed by atoms with Crippen molar-refractivity contribution in [2.75, 3.05) is 42.1 Å². The van der Waals surface area contributed by atoms with Crippen LogP contribution in [0.5, 0.6) is 5.75 Å². The quantitative estimate of drug-likeness (QED) is 0.761. The molecule has 0 aliphatic carbocycles. The lowest BCUT2D eigenvalue weighted by atomic mass is 10.2. The van der Waals surface area contributed by atoms with Crippen molar-refractivity contribution in [1.29, 1.82) is 0 Å². The summed E-state index contributed by atoms with van der Waals surface area (Å²) in [6.07, 6.45) is 0. The maximum absolute atomic E-state index is 12.7. The van der Waals surface area contributed by atoms with E-state index in [0.717, 1.165) is 16.9 Å². The Labute approximate surface area is 175 Å². The first-order chi connectivity index (χ1) is 13.9. The number of piperazine rings is 1. The highest BCUT2D eigenvalue weighted by Gasteiger charge is 2.26. The molecule has 1 aliphatic rings. The Bertz CT molecular complexity index is 849. The molecule has 0 aromatic heterocycles. The highest BCUT2D eigenvalue weighted by molar-refractivity contribution is 8.01. The number of phenols is 1. The molecule has 1 atom stereocenters.